The molecule has 1 aromatic rings. The molecule has 2 rings (SSSR count). The van der Waals surface area contributed by atoms with Crippen molar-refractivity contribution in [1.82, 2.24) is 0 Å². The summed E-state index contributed by atoms with van der Waals surface area (Å²) in [7, 11) is 1.80. The second-order valence-corrected chi connectivity index (χ2v) is 4.57. The van der Waals surface area contributed by atoms with Crippen LogP contribution in [0.25, 0.3) is 0 Å². The Hall–Kier alpha value is -2.35. The van der Waals surface area contributed by atoms with Gasteiger partial charge in [-0.25, -0.2) is 0 Å². The van der Waals surface area contributed by atoms with E-state index >= 15 is 0 Å². The van der Waals surface area contributed by atoms with Crippen LogP contribution in [0.4, 0.5) is 11.4 Å². The molecule has 3 N–H and O–H groups in total. The van der Waals surface area contributed by atoms with Crippen molar-refractivity contribution in [1.29, 1.82) is 0 Å². The summed E-state index contributed by atoms with van der Waals surface area (Å²) in [5.74, 6) is -0.161. The summed E-state index contributed by atoms with van der Waals surface area (Å²) in [6.45, 7) is 1.21. The number of amidine groups is 1. The van der Waals surface area contributed by atoms with Crippen molar-refractivity contribution < 1.29 is 14.9 Å². The molecule has 1 unspecified atom stereocenters. The van der Waals surface area contributed by atoms with Crippen LogP contribution in [0, 0.1) is 10.1 Å². The summed E-state index contributed by atoms with van der Waals surface area (Å²) < 4.78 is 5.30. The molecule has 1 saturated heterocycles. The first kappa shape index (κ1) is 14.1. The van der Waals surface area contributed by atoms with Crippen molar-refractivity contribution >= 4 is 17.2 Å². The van der Waals surface area contributed by atoms with Gasteiger partial charge in [0.15, 0.2) is 5.84 Å². The molecule has 0 spiro atoms. The predicted molar refractivity (Wildman–Crippen MR) is 73.2 cm³/mol. The van der Waals surface area contributed by atoms with Crippen LogP contribution < -0.4 is 10.6 Å². The molecule has 8 nitrogen and oxygen atoms in total. The Morgan fingerprint density at radius 1 is 1.65 bits per heavy atom. The second kappa shape index (κ2) is 5.74. The molecule has 20 heavy (non-hydrogen) atoms. The lowest BCUT2D eigenvalue weighted by Crippen LogP contribution is -2.32. The maximum Gasteiger partial charge on any atom is 0.293 e. The largest absolute Gasteiger partial charge is 0.409 e. The third kappa shape index (κ3) is 2.64. The number of nitro groups is 1. The second-order valence-electron chi connectivity index (χ2n) is 4.57. The van der Waals surface area contributed by atoms with Crippen LogP contribution >= 0.6 is 0 Å². The number of ether oxygens (including phenoxy) is 1. The summed E-state index contributed by atoms with van der Waals surface area (Å²) in [5.41, 5.74) is 6.17. The number of oxime groups is 1. The number of rotatable bonds is 4. The van der Waals surface area contributed by atoms with Crippen molar-refractivity contribution in [2.24, 2.45) is 10.9 Å². The van der Waals surface area contributed by atoms with E-state index in [1.807, 2.05) is 4.90 Å². The van der Waals surface area contributed by atoms with E-state index in [-0.39, 0.29) is 17.6 Å². The van der Waals surface area contributed by atoms with Gasteiger partial charge in [0.25, 0.3) is 5.69 Å². The van der Waals surface area contributed by atoms with Crippen LogP contribution in [0.1, 0.15) is 12.0 Å². The van der Waals surface area contributed by atoms with Crippen LogP contribution in [0.5, 0.6) is 0 Å². The van der Waals surface area contributed by atoms with E-state index in [0.717, 1.165) is 6.42 Å². The van der Waals surface area contributed by atoms with Gasteiger partial charge < -0.3 is 20.6 Å². The topological polar surface area (TPSA) is 114 Å². The molecule has 0 bridgehead atoms. The first-order chi connectivity index (χ1) is 9.54. The molecule has 1 aliphatic rings. The summed E-state index contributed by atoms with van der Waals surface area (Å²) >= 11 is 0. The summed E-state index contributed by atoms with van der Waals surface area (Å²) in [6.07, 6.45) is 0.829. The van der Waals surface area contributed by atoms with Crippen LogP contribution in [0.15, 0.2) is 23.4 Å². The lowest BCUT2D eigenvalue weighted by Gasteiger charge is -2.25. The highest BCUT2D eigenvalue weighted by Crippen LogP contribution is 2.31. The molecule has 1 aromatic carbocycles. The number of nitrogens with two attached hydrogens (primary N) is 1. The number of anilines is 1. The molecule has 0 amide bonds. The van der Waals surface area contributed by atoms with Crippen LogP contribution in [0.3, 0.4) is 0 Å². The molecule has 108 valence electrons. The fourth-order valence-corrected chi connectivity index (χ4v) is 2.21. The van der Waals surface area contributed by atoms with Crippen molar-refractivity contribution in [2.45, 2.75) is 12.5 Å². The number of hydrogen-bond donors (Lipinski definition) is 2. The van der Waals surface area contributed by atoms with E-state index in [1.54, 1.807) is 19.2 Å². The Labute approximate surface area is 115 Å². The van der Waals surface area contributed by atoms with Gasteiger partial charge in [-0.05, 0) is 18.6 Å². The van der Waals surface area contributed by atoms with Crippen LogP contribution in [0.2, 0.25) is 0 Å². The van der Waals surface area contributed by atoms with Gasteiger partial charge in [-0.3, -0.25) is 10.1 Å². The van der Waals surface area contributed by atoms with Gasteiger partial charge in [0.05, 0.1) is 17.6 Å². The minimum absolute atomic E-state index is 0.0801. The average Bonchev–Trinajstić information content (AvgIpc) is 2.99. The van der Waals surface area contributed by atoms with Gasteiger partial charge in [-0.2, -0.15) is 0 Å². The van der Waals surface area contributed by atoms with Crippen molar-refractivity contribution in [2.75, 3.05) is 25.2 Å². The summed E-state index contributed by atoms with van der Waals surface area (Å²) in [6, 6.07) is 4.60. The summed E-state index contributed by atoms with van der Waals surface area (Å²) in [5, 5.41) is 22.7. The molecule has 1 atom stereocenters. The van der Waals surface area contributed by atoms with E-state index in [1.165, 1.54) is 6.07 Å². The van der Waals surface area contributed by atoms with Gasteiger partial charge in [-0.15, -0.1) is 0 Å². The predicted octanol–water partition coefficient (Wildman–Crippen LogP) is 0.914. The molecule has 0 saturated carbocycles. The maximum atomic E-state index is 11.2. The normalized spacial score (nSPS) is 19.1. The molecular weight excluding hydrogens is 264 g/mol. The van der Waals surface area contributed by atoms with Gasteiger partial charge >= 0.3 is 0 Å². The number of nitrogens with zero attached hydrogens (tertiary/aromatic N) is 3. The Kier molecular flexibility index (Phi) is 4.04. The third-order valence-corrected chi connectivity index (χ3v) is 3.41. The quantitative estimate of drug-likeness (QED) is 0.278. The van der Waals surface area contributed by atoms with Crippen molar-refractivity contribution in [3.05, 3.63) is 33.9 Å². The zero-order chi connectivity index (χ0) is 14.7. The molecule has 0 radical (unpaired) electrons. The number of hydrogen-bond acceptors (Lipinski definition) is 6. The fourth-order valence-electron chi connectivity index (χ4n) is 2.21. The van der Waals surface area contributed by atoms with Gasteiger partial charge in [-0.1, -0.05) is 5.16 Å². The maximum absolute atomic E-state index is 11.2. The van der Waals surface area contributed by atoms with Crippen LogP contribution in [-0.2, 0) is 4.74 Å². The highest BCUT2D eigenvalue weighted by Gasteiger charge is 2.26. The molecule has 0 aliphatic carbocycles. The SMILES string of the molecule is CN(c1ccc(/C(N)=N/O)cc1[N+](=O)[O-])C1CCOC1. The Morgan fingerprint density at radius 2 is 2.40 bits per heavy atom. The Bertz CT molecular complexity index is 540. The number of benzene rings is 1. The fraction of sp³-hybridized carbons (Fsp3) is 0.417. The van der Waals surface area contributed by atoms with Crippen molar-refractivity contribution in [3.63, 3.8) is 0 Å². The molecule has 1 aliphatic heterocycles. The first-order valence-corrected chi connectivity index (χ1v) is 6.11. The first-order valence-electron chi connectivity index (χ1n) is 6.11. The van der Waals surface area contributed by atoms with Gasteiger partial charge in [0.2, 0.25) is 0 Å². The van der Waals surface area contributed by atoms with E-state index in [9.17, 15) is 10.1 Å². The van der Waals surface area contributed by atoms with E-state index < -0.39 is 4.92 Å². The van der Waals surface area contributed by atoms with Crippen molar-refractivity contribution in [3.8, 4) is 0 Å². The van der Waals surface area contributed by atoms with Gasteiger partial charge in [0.1, 0.15) is 5.69 Å². The summed E-state index contributed by atoms with van der Waals surface area (Å²) in [4.78, 5) is 12.6. The highest BCUT2D eigenvalue weighted by atomic mass is 16.6. The Balaban J connectivity index is 2.39. The molecule has 8 heteroatoms. The van der Waals surface area contributed by atoms with Gasteiger partial charge in [0, 0.05) is 25.3 Å². The average molecular weight is 280 g/mol. The minimum atomic E-state index is -0.476. The minimum Gasteiger partial charge on any atom is -0.409 e. The Morgan fingerprint density at radius 3 is 2.95 bits per heavy atom. The van der Waals surface area contributed by atoms with E-state index in [2.05, 4.69) is 5.16 Å². The monoisotopic (exact) mass is 280 g/mol. The standard InChI is InChI=1S/C12H16N4O4/c1-15(9-4-5-20-7-9)10-3-2-8(12(13)14-17)6-11(10)16(18)19/h2-3,6,9,17H,4-5,7H2,1H3,(H2,13,14). The third-order valence-electron chi connectivity index (χ3n) is 3.41. The number of nitro benzene ring substituents is 1. The molecule has 1 fully saturated rings. The number of likely N-dealkylation sites (N-methyl/N-ethyl adjacent to an activating group) is 1. The van der Waals surface area contributed by atoms with E-state index in [4.69, 9.17) is 15.7 Å². The molecular formula is C12H16N4O4. The zero-order valence-electron chi connectivity index (χ0n) is 11.0. The molecule has 0 aromatic heterocycles. The smallest absolute Gasteiger partial charge is 0.293 e. The molecule has 1 heterocycles. The lowest BCUT2D eigenvalue weighted by atomic mass is 10.1. The van der Waals surface area contributed by atoms with Crippen LogP contribution in [-0.4, -0.2) is 42.3 Å². The van der Waals surface area contributed by atoms with E-state index in [0.29, 0.717) is 24.5 Å². The highest BCUT2D eigenvalue weighted by molar-refractivity contribution is 5.98. The zero-order valence-corrected chi connectivity index (χ0v) is 11.0. The lowest BCUT2D eigenvalue weighted by molar-refractivity contribution is -0.384.